The summed E-state index contributed by atoms with van der Waals surface area (Å²) in [7, 11) is -0.682. The van der Waals surface area contributed by atoms with Gasteiger partial charge in [0.1, 0.15) is 18.0 Å². The fourth-order valence-electron chi connectivity index (χ4n) is 2.40. The third-order valence-electron chi connectivity index (χ3n) is 3.71. The molecule has 0 unspecified atom stereocenters. The molecule has 2 rings (SSSR count). The Kier molecular flexibility index (Phi) is 6.57. The number of methoxy groups -OCH3 is 3. The summed E-state index contributed by atoms with van der Waals surface area (Å²) in [6.45, 7) is -0.947. The standard InChI is InChI=1S/C17H17ClFNO7S/c1-25-14-5-4-10(6-12(14)19)28(23,24)20(9-17(21)22)13-8-15(26-2)11(18)7-16(13)27-3/h4-8H,9H2,1-3H3,(H,21,22). The maximum Gasteiger partial charge on any atom is 0.324 e. The number of aliphatic carboxylic acids is 1. The van der Waals surface area contributed by atoms with Crippen LogP contribution in [-0.4, -0.2) is 47.4 Å². The van der Waals surface area contributed by atoms with E-state index in [1.807, 2.05) is 0 Å². The van der Waals surface area contributed by atoms with E-state index >= 15 is 0 Å². The molecule has 0 aromatic heterocycles. The van der Waals surface area contributed by atoms with Crippen LogP contribution in [0.2, 0.25) is 5.02 Å². The van der Waals surface area contributed by atoms with Crippen LogP contribution < -0.4 is 18.5 Å². The first-order valence-electron chi connectivity index (χ1n) is 7.65. The SMILES string of the molecule is COc1ccc(S(=O)(=O)N(CC(=O)O)c2cc(OC)c(Cl)cc2OC)cc1F. The number of rotatable bonds is 8. The Labute approximate surface area is 166 Å². The summed E-state index contributed by atoms with van der Waals surface area (Å²) in [5.41, 5.74) is -0.137. The molecular weight excluding hydrogens is 417 g/mol. The fourth-order valence-corrected chi connectivity index (χ4v) is 4.06. The van der Waals surface area contributed by atoms with Gasteiger partial charge >= 0.3 is 5.97 Å². The molecule has 28 heavy (non-hydrogen) atoms. The number of carboxylic acid groups (broad SMARTS) is 1. The lowest BCUT2D eigenvalue weighted by Gasteiger charge is -2.25. The molecule has 0 aliphatic heterocycles. The smallest absolute Gasteiger partial charge is 0.324 e. The third-order valence-corrected chi connectivity index (χ3v) is 5.76. The zero-order valence-corrected chi connectivity index (χ0v) is 16.7. The number of anilines is 1. The number of ether oxygens (including phenoxy) is 3. The molecular formula is C17H17ClFNO7S. The van der Waals surface area contributed by atoms with Gasteiger partial charge in [-0.15, -0.1) is 0 Å². The van der Waals surface area contributed by atoms with E-state index in [2.05, 4.69) is 0 Å². The first-order valence-corrected chi connectivity index (χ1v) is 9.47. The van der Waals surface area contributed by atoms with Crippen LogP contribution in [0, 0.1) is 5.82 Å². The molecule has 0 spiro atoms. The minimum atomic E-state index is -4.49. The number of halogens is 2. The van der Waals surface area contributed by atoms with Gasteiger partial charge in [-0.05, 0) is 18.2 Å². The predicted molar refractivity (Wildman–Crippen MR) is 99.7 cm³/mol. The molecule has 0 saturated heterocycles. The van der Waals surface area contributed by atoms with Crippen LogP contribution >= 0.6 is 11.6 Å². The Morgan fingerprint density at radius 1 is 1.07 bits per heavy atom. The van der Waals surface area contributed by atoms with Crippen molar-refractivity contribution >= 4 is 33.3 Å². The molecule has 0 aliphatic rings. The zero-order chi connectivity index (χ0) is 21.1. The number of hydrogen-bond acceptors (Lipinski definition) is 6. The predicted octanol–water partition coefficient (Wildman–Crippen LogP) is 2.78. The Balaban J connectivity index is 2.70. The molecule has 0 amide bonds. The number of carboxylic acids is 1. The summed E-state index contributed by atoms with van der Waals surface area (Å²) in [6.07, 6.45) is 0. The molecule has 0 aliphatic carbocycles. The molecule has 11 heteroatoms. The van der Waals surface area contributed by atoms with Crippen LogP contribution in [0.1, 0.15) is 0 Å². The molecule has 0 fully saturated rings. The topological polar surface area (TPSA) is 102 Å². The van der Waals surface area contributed by atoms with Crippen LogP contribution in [0.4, 0.5) is 10.1 Å². The Hall–Kier alpha value is -2.72. The molecule has 0 radical (unpaired) electrons. The minimum Gasteiger partial charge on any atom is -0.495 e. The van der Waals surface area contributed by atoms with Crippen molar-refractivity contribution in [2.24, 2.45) is 0 Å². The van der Waals surface area contributed by atoms with Crippen LogP contribution in [0.25, 0.3) is 0 Å². The van der Waals surface area contributed by atoms with Gasteiger partial charge in [-0.3, -0.25) is 9.10 Å². The highest BCUT2D eigenvalue weighted by molar-refractivity contribution is 7.92. The van der Waals surface area contributed by atoms with Gasteiger partial charge in [0.2, 0.25) is 0 Å². The average molecular weight is 434 g/mol. The molecule has 2 aromatic carbocycles. The van der Waals surface area contributed by atoms with E-state index in [0.717, 1.165) is 18.2 Å². The van der Waals surface area contributed by atoms with Crippen LogP contribution in [-0.2, 0) is 14.8 Å². The van der Waals surface area contributed by atoms with Gasteiger partial charge in [-0.1, -0.05) is 11.6 Å². The number of benzene rings is 2. The van der Waals surface area contributed by atoms with Gasteiger partial charge in [-0.2, -0.15) is 0 Å². The lowest BCUT2D eigenvalue weighted by molar-refractivity contribution is -0.135. The van der Waals surface area contributed by atoms with Crippen molar-refractivity contribution in [2.45, 2.75) is 4.90 Å². The molecule has 152 valence electrons. The van der Waals surface area contributed by atoms with E-state index < -0.39 is 33.3 Å². The third kappa shape index (κ3) is 4.23. The Morgan fingerprint density at radius 3 is 2.18 bits per heavy atom. The second kappa shape index (κ2) is 8.53. The number of sulfonamides is 1. The van der Waals surface area contributed by atoms with Gasteiger partial charge in [-0.25, -0.2) is 12.8 Å². The van der Waals surface area contributed by atoms with Crippen molar-refractivity contribution in [1.82, 2.24) is 0 Å². The summed E-state index contributed by atoms with van der Waals surface area (Å²) in [5.74, 6) is -2.42. The molecule has 2 aromatic rings. The highest BCUT2D eigenvalue weighted by Gasteiger charge is 2.31. The van der Waals surface area contributed by atoms with Gasteiger partial charge < -0.3 is 19.3 Å². The molecule has 0 heterocycles. The minimum absolute atomic E-state index is 0.00962. The van der Waals surface area contributed by atoms with E-state index in [0.29, 0.717) is 4.31 Å². The second-order valence-electron chi connectivity index (χ2n) is 5.36. The summed E-state index contributed by atoms with van der Waals surface area (Å²) in [5, 5.41) is 9.37. The van der Waals surface area contributed by atoms with Crippen LogP contribution in [0.3, 0.4) is 0 Å². The van der Waals surface area contributed by atoms with Crippen molar-refractivity contribution in [2.75, 3.05) is 32.2 Å². The second-order valence-corrected chi connectivity index (χ2v) is 7.63. The first-order chi connectivity index (χ1) is 13.1. The van der Waals surface area contributed by atoms with Crippen molar-refractivity contribution in [3.05, 3.63) is 41.2 Å². The van der Waals surface area contributed by atoms with Gasteiger partial charge in [0, 0.05) is 12.1 Å². The Bertz CT molecular complexity index is 997. The number of hydrogen-bond donors (Lipinski definition) is 1. The monoisotopic (exact) mass is 433 g/mol. The first kappa shape index (κ1) is 21.6. The van der Waals surface area contributed by atoms with Crippen LogP contribution in [0.5, 0.6) is 17.2 Å². The van der Waals surface area contributed by atoms with Gasteiger partial charge in [0.05, 0.1) is 36.9 Å². The fraction of sp³-hybridized carbons (Fsp3) is 0.235. The largest absolute Gasteiger partial charge is 0.495 e. The molecule has 1 N–H and O–H groups in total. The highest BCUT2D eigenvalue weighted by Crippen LogP contribution is 2.40. The molecule has 0 bridgehead atoms. The summed E-state index contributed by atoms with van der Waals surface area (Å²) < 4.78 is 55.8. The molecule has 8 nitrogen and oxygen atoms in total. The Morgan fingerprint density at radius 2 is 1.68 bits per heavy atom. The van der Waals surface area contributed by atoms with E-state index in [1.165, 1.54) is 33.5 Å². The normalized spacial score (nSPS) is 11.0. The summed E-state index contributed by atoms with van der Waals surface area (Å²) in [6, 6.07) is 5.48. The van der Waals surface area contributed by atoms with Crippen molar-refractivity contribution in [3.63, 3.8) is 0 Å². The average Bonchev–Trinajstić information content (AvgIpc) is 2.65. The van der Waals surface area contributed by atoms with Gasteiger partial charge in [0.25, 0.3) is 10.0 Å². The molecule has 0 saturated carbocycles. The van der Waals surface area contributed by atoms with Gasteiger partial charge in [0.15, 0.2) is 11.6 Å². The molecule has 0 atom stereocenters. The lowest BCUT2D eigenvalue weighted by atomic mass is 10.2. The van der Waals surface area contributed by atoms with E-state index in [-0.39, 0.29) is 28.0 Å². The van der Waals surface area contributed by atoms with Crippen molar-refractivity contribution in [3.8, 4) is 17.2 Å². The van der Waals surface area contributed by atoms with Crippen LogP contribution in [0.15, 0.2) is 35.2 Å². The number of nitrogens with zero attached hydrogens (tertiary/aromatic N) is 1. The van der Waals surface area contributed by atoms with Crippen molar-refractivity contribution < 1.29 is 36.9 Å². The summed E-state index contributed by atoms with van der Waals surface area (Å²) >= 11 is 6.02. The maximum absolute atomic E-state index is 14.0. The van der Waals surface area contributed by atoms with E-state index in [4.69, 9.17) is 25.8 Å². The zero-order valence-electron chi connectivity index (χ0n) is 15.1. The van der Waals surface area contributed by atoms with Crippen molar-refractivity contribution in [1.29, 1.82) is 0 Å². The van der Waals surface area contributed by atoms with E-state index in [9.17, 15) is 22.7 Å². The maximum atomic E-state index is 14.0. The summed E-state index contributed by atoms with van der Waals surface area (Å²) in [4.78, 5) is 10.9. The van der Waals surface area contributed by atoms with E-state index in [1.54, 1.807) is 0 Å². The number of carbonyl (C=O) groups is 1. The lowest BCUT2D eigenvalue weighted by Crippen LogP contribution is -2.36. The highest BCUT2D eigenvalue weighted by atomic mass is 35.5. The quantitative estimate of drug-likeness (QED) is 0.682.